The van der Waals surface area contributed by atoms with Crippen LogP contribution in [-0.2, 0) is 4.79 Å². The number of aromatic nitrogens is 2. The second-order valence-corrected chi connectivity index (χ2v) is 6.80. The number of nitrogens with zero attached hydrogens (tertiary/aromatic N) is 2. The summed E-state index contributed by atoms with van der Waals surface area (Å²) in [6.45, 7) is 1.94. The van der Waals surface area contributed by atoms with Crippen molar-refractivity contribution in [3.63, 3.8) is 0 Å². The smallest absolute Gasteiger partial charge is 0.405 e. The van der Waals surface area contributed by atoms with Crippen LogP contribution in [0.3, 0.4) is 0 Å². The fourth-order valence-corrected chi connectivity index (χ4v) is 2.53. The van der Waals surface area contributed by atoms with Crippen molar-refractivity contribution in [1.82, 2.24) is 15.3 Å². The molecule has 0 saturated heterocycles. The summed E-state index contributed by atoms with van der Waals surface area (Å²) in [6.07, 6.45) is -3.65. The third kappa shape index (κ3) is 5.04. The van der Waals surface area contributed by atoms with Crippen molar-refractivity contribution in [2.45, 2.75) is 25.6 Å². The fraction of sp³-hybridized carbons (Fsp3) is 0.389. The van der Waals surface area contributed by atoms with E-state index >= 15 is 0 Å². The number of benzene rings is 1. The van der Waals surface area contributed by atoms with Crippen LogP contribution in [-0.4, -0.2) is 47.3 Å². The van der Waals surface area contributed by atoms with E-state index in [1.54, 1.807) is 23.5 Å². The summed E-state index contributed by atoms with van der Waals surface area (Å²) < 4.78 is 62.1. The maximum atomic E-state index is 14.2. The zero-order valence-electron chi connectivity index (χ0n) is 15.6. The first-order chi connectivity index (χ1) is 13.5. The molecule has 7 nitrogen and oxygen atoms in total. The number of fused-ring (bicyclic) bond motifs is 1. The molecule has 3 rings (SSSR count). The first kappa shape index (κ1) is 20.6. The van der Waals surface area contributed by atoms with Crippen molar-refractivity contribution in [2.75, 3.05) is 25.1 Å². The van der Waals surface area contributed by atoms with Gasteiger partial charge in [-0.2, -0.15) is 13.2 Å². The molecule has 0 fully saturated rings. The van der Waals surface area contributed by atoms with E-state index in [4.69, 9.17) is 9.47 Å². The lowest BCUT2D eigenvalue weighted by Gasteiger charge is -2.26. The molecule has 11 heteroatoms. The number of carbonyl (C=O) groups is 1. The van der Waals surface area contributed by atoms with Gasteiger partial charge in [-0.1, -0.05) is 0 Å². The quantitative estimate of drug-likeness (QED) is 0.724. The van der Waals surface area contributed by atoms with Crippen LogP contribution in [0.4, 0.5) is 23.4 Å². The highest BCUT2D eigenvalue weighted by Crippen LogP contribution is 2.34. The first-order valence-electron chi connectivity index (χ1n) is 8.61. The number of rotatable bonds is 5. The maximum Gasteiger partial charge on any atom is 0.405 e. The van der Waals surface area contributed by atoms with Gasteiger partial charge in [0.1, 0.15) is 25.3 Å². The molecule has 0 bridgehead atoms. The van der Waals surface area contributed by atoms with Gasteiger partial charge in [0.05, 0.1) is 6.20 Å². The van der Waals surface area contributed by atoms with Crippen molar-refractivity contribution in [3.8, 4) is 22.9 Å². The molecule has 1 aromatic carbocycles. The standard InChI is InChI=1S/C18H18F4N4O3.2H2/c1-17(2,16(27)24-9-18(20,21)22)26-15-11(19)8-23-14(25-15)10-3-4-12-13(7-10)29-6-5-28-12;;/h3-4,7-8H,5-6,9H2,1-2H3,(H,24,27)(H,23,25,26);2*1H. The molecule has 1 aliphatic rings. The Morgan fingerprint density at radius 1 is 1.21 bits per heavy atom. The zero-order chi connectivity index (χ0) is 21.2. The van der Waals surface area contributed by atoms with Crippen molar-refractivity contribution >= 4 is 11.7 Å². The van der Waals surface area contributed by atoms with E-state index in [0.717, 1.165) is 6.20 Å². The third-order valence-electron chi connectivity index (χ3n) is 3.99. The van der Waals surface area contributed by atoms with Crippen molar-refractivity contribution < 1.29 is 34.7 Å². The van der Waals surface area contributed by atoms with Gasteiger partial charge in [-0.3, -0.25) is 4.79 Å². The average Bonchev–Trinajstić information content (AvgIpc) is 2.66. The summed E-state index contributed by atoms with van der Waals surface area (Å²) in [5.41, 5.74) is -1.05. The van der Waals surface area contributed by atoms with Crippen molar-refractivity contribution in [3.05, 3.63) is 30.2 Å². The summed E-state index contributed by atoms with van der Waals surface area (Å²) in [6, 6.07) is 4.95. The van der Waals surface area contributed by atoms with Crippen LogP contribution in [0, 0.1) is 5.82 Å². The zero-order valence-corrected chi connectivity index (χ0v) is 15.6. The van der Waals surface area contributed by atoms with Crippen LogP contribution >= 0.6 is 0 Å². The molecule has 0 saturated carbocycles. The van der Waals surface area contributed by atoms with Gasteiger partial charge in [-0.15, -0.1) is 0 Å². The van der Waals surface area contributed by atoms with Gasteiger partial charge >= 0.3 is 6.18 Å². The summed E-state index contributed by atoms with van der Waals surface area (Å²) >= 11 is 0. The molecule has 2 N–H and O–H groups in total. The van der Waals surface area contributed by atoms with Gasteiger partial charge in [0.15, 0.2) is 29.0 Å². The van der Waals surface area contributed by atoms with Gasteiger partial charge in [-0.25, -0.2) is 14.4 Å². The Morgan fingerprint density at radius 3 is 2.59 bits per heavy atom. The topological polar surface area (TPSA) is 85.4 Å². The van der Waals surface area contributed by atoms with Crippen LogP contribution in [0.25, 0.3) is 11.4 Å². The van der Waals surface area contributed by atoms with E-state index in [2.05, 4.69) is 15.3 Å². The average molecular weight is 418 g/mol. The normalized spacial score (nSPS) is 13.7. The minimum atomic E-state index is -4.56. The number of ether oxygens (including phenoxy) is 2. The Hall–Kier alpha value is -3.11. The number of hydrogen-bond acceptors (Lipinski definition) is 6. The van der Waals surface area contributed by atoms with Crippen molar-refractivity contribution in [2.24, 2.45) is 0 Å². The Bertz CT molecular complexity index is 929. The molecule has 0 atom stereocenters. The van der Waals surface area contributed by atoms with Crippen LogP contribution < -0.4 is 20.1 Å². The predicted molar refractivity (Wildman–Crippen MR) is 99.4 cm³/mol. The highest BCUT2D eigenvalue weighted by molar-refractivity contribution is 5.88. The lowest BCUT2D eigenvalue weighted by Crippen LogP contribution is -2.50. The van der Waals surface area contributed by atoms with Gasteiger partial charge in [0.2, 0.25) is 5.91 Å². The van der Waals surface area contributed by atoms with E-state index < -0.39 is 30.0 Å². The summed E-state index contributed by atoms with van der Waals surface area (Å²) in [5, 5.41) is 4.29. The lowest BCUT2D eigenvalue weighted by molar-refractivity contribution is -0.140. The number of amides is 1. The molecule has 1 amide bonds. The maximum absolute atomic E-state index is 14.2. The molecule has 0 radical (unpaired) electrons. The van der Waals surface area contributed by atoms with Gasteiger partial charge in [0, 0.05) is 8.42 Å². The second-order valence-electron chi connectivity index (χ2n) is 6.80. The van der Waals surface area contributed by atoms with E-state index in [-0.39, 0.29) is 14.5 Å². The van der Waals surface area contributed by atoms with E-state index in [9.17, 15) is 22.4 Å². The third-order valence-corrected chi connectivity index (χ3v) is 3.99. The molecule has 0 spiro atoms. The molecule has 160 valence electrons. The molecule has 1 aromatic heterocycles. The summed E-state index contributed by atoms with van der Waals surface area (Å²) in [4.78, 5) is 20.1. The molecule has 1 aliphatic heterocycles. The molecule has 29 heavy (non-hydrogen) atoms. The molecule has 2 heterocycles. The summed E-state index contributed by atoms with van der Waals surface area (Å²) in [7, 11) is 0. The van der Waals surface area contributed by atoms with Gasteiger partial charge in [0.25, 0.3) is 0 Å². The van der Waals surface area contributed by atoms with Crippen LogP contribution in [0.2, 0.25) is 0 Å². The predicted octanol–water partition coefficient (Wildman–Crippen LogP) is 3.41. The highest BCUT2D eigenvalue weighted by atomic mass is 19.4. The Morgan fingerprint density at radius 2 is 1.90 bits per heavy atom. The lowest BCUT2D eigenvalue weighted by atomic mass is 10.0. The summed E-state index contributed by atoms with van der Waals surface area (Å²) in [5.74, 6) is -0.961. The molecular weight excluding hydrogens is 396 g/mol. The second kappa shape index (κ2) is 7.72. The number of anilines is 1. The minimum Gasteiger partial charge on any atom is -0.486 e. The first-order valence-corrected chi connectivity index (χ1v) is 8.61. The van der Waals surface area contributed by atoms with Crippen LogP contribution in [0.1, 0.15) is 16.7 Å². The van der Waals surface area contributed by atoms with Gasteiger partial charge < -0.3 is 20.1 Å². The SMILES string of the molecule is CC(C)(Nc1nc(-c2ccc3c(c2)OCCO3)ncc1F)C(=O)NCC(F)(F)F.[HH].[HH]. The number of nitrogens with one attached hydrogen (secondary N) is 2. The molecule has 0 unspecified atom stereocenters. The van der Waals surface area contributed by atoms with E-state index in [1.807, 2.05) is 0 Å². The van der Waals surface area contributed by atoms with Crippen LogP contribution in [0.15, 0.2) is 24.4 Å². The highest BCUT2D eigenvalue weighted by Gasteiger charge is 2.34. The van der Waals surface area contributed by atoms with Crippen molar-refractivity contribution in [1.29, 1.82) is 0 Å². The van der Waals surface area contributed by atoms with Gasteiger partial charge in [-0.05, 0) is 32.0 Å². The van der Waals surface area contributed by atoms with E-state index in [1.165, 1.54) is 13.8 Å². The minimum absolute atomic E-state index is 0. The fourth-order valence-electron chi connectivity index (χ4n) is 2.53. The molecule has 0 aliphatic carbocycles. The number of halogens is 4. The molecular formula is C18H22F4N4O3. The Balaban J connectivity index is 0.00000240. The number of hydrogen-bond donors (Lipinski definition) is 2. The van der Waals surface area contributed by atoms with E-state index in [0.29, 0.717) is 30.3 Å². The number of carbonyl (C=O) groups excluding carboxylic acids is 1. The Kier molecular flexibility index (Phi) is 5.49. The van der Waals surface area contributed by atoms with Crippen LogP contribution in [0.5, 0.6) is 11.5 Å². The largest absolute Gasteiger partial charge is 0.486 e. The number of alkyl halides is 3. The Labute approximate surface area is 166 Å². The monoisotopic (exact) mass is 418 g/mol. The molecule has 2 aromatic rings.